The molecule has 1 fully saturated rings. The fraction of sp³-hybridized carbons (Fsp3) is 0.522. The highest BCUT2D eigenvalue weighted by molar-refractivity contribution is 6.31. The molecule has 0 aliphatic carbocycles. The van der Waals surface area contributed by atoms with Crippen LogP contribution in [-0.2, 0) is 11.3 Å². The molecule has 34 heavy (non-hydrogen) atoms. The maximum Gasteiger partial charge on any atom is 0.315 e. The Kier molecular flexibility index (Phi) is 6.84. The summed E-state index contributed by atoms with van der Waals surface area (Å²) in [5.74, 6) is -0.888. The second-order valence-electron chi connectivity index (χ2n) is 9.73. The number of fused-ring (bicyclic) bond motifs is 1. The van der Waals surface area contributed by atoms with Crippen molar-refractivity contribution in [1.82, 2.24) is 24.9 Å². The first-order valence-electron chi connectivity index (χ1n) is 11.3. The van der Waals surface area contributed by atoms with Crippen molar-refractivity contribution < 1.29 is 18.7 Å². The number of carbonyl (C=O) groups is 2. The maximum absolute atomic E-state index is 13.9. The summed E-state index contributed by atoms with van der Waals surface area (Å²) in [7, 11) is 0. The fourth-order valence-corrected chi connectivity index (χ4v) is 4.55. The predicted octanol–water partition coefficient (Wildman–Crippen LogP) is 2.64. The summed E-state index contributed by atoms with van der Waals surface area (Å²) >= 11 is 6.05. The number of aromatic nitrogens is 2. The monoisotopic (exact) mass is 492 g/mol. The van der Waals surface area contributed by atoms with Gasteiger partial charge in [0.15, 0.2) is 0 Å². The molecule has 4 rings (SSSR count). The van der Waals surface area contributed by atoms with Crippen molar-refractivity contribution in [3.63, 3.8) is 0 Å². The van der Waals surface area contributed by atoms with Gasteiger partial charge in [0.2, 0.25) is 0 Å². The topological polar surface area (TPSA) is 106 Å². The maximum atomic E-state index is 13.9. The first kappa shape index (κ1) is 24.4. The van der Waals surface area contributed by atoms with E-state index in [0.29, 0.717) is 48.8 Å². The number of benzene rings is 1. The van der Waals surface area contributed by atoms with Crippen molar-refractivity contribution in [3.05, 3.63) is 40.3 Å². The van der Waals surface area contributed by atoms with Gasteiger partial charge in [-0.05, 0) is 39.0 Å². The number of carbonyl (C=O) groups excluding carboxylic acids is 2. The molecule has 3 amide bonds. The van der Waals surface area contributed by atoms with Gasteiger partial charge in [-0.1, -0.05) is 11.6 Å². The molecule has 0 radical (unpaired) electrons. The van der Waals surface area contributed by atoms with Crippen LogP contribution < -0.4 is 11.1 Å². The van der Waals surface area contributed by atoms with E-state index < -0.39 is 17.4 Å². The Balaban J connectivity index is 1.83. The van der Waals surface area contributed by atoms with E-state index in [4.69, 9.17) is 27.2 Å². The van der Waals surface area contributed by atoms with Crippen molar-refractivity contribution in [2.45, 2.75) is 38.9 Å². The van der Waals surface area contributed by atoms with Crippen molar-refractivity contribution in [3.8, 4) is 11.3 Å². The zero-order valence-corrected chi connectivity index (χ0v) is 20.4. The van der Waals surface area contributed by atoms with Gasteiger partial charge in [0.05, 0.1) is 42.1 Å². The molecule has 2 aliphatic rings. The normalized spacial score (nSPS) is 19.1. The van der Waals surface area contributed by atoms with E-state index in [1.54, 1.807) is 6.07 Å². The lowest BCUT2D eigenvalue weighted by molar-refractivity contribution is 0.0262. The van der Waals surface area contributed by atoms with Crippen LogP contribution in [0.25, 0.3) is 11.3 Å². The quantitative estimate of drug-likeness (QED) is 0.682. The summed E-state index contributed by atoms with van der Waals surface area (Å²) in [6, 6.07) is 3.48. The number of urea groups is 1. The molecule has 0 bridgehead atoms. The molecule has 0 saturated carbocycles. The molecule has 2 aliphatic heterocycles. The Morgan fingerprint density at radius 2 is 2.00 bits per heavy atom. The smallest absolute Gasteiger partial charge is 0.315 e. The number of nitrogens with zero attached hydrogens (tertiary/aromatic N) is 4. The van der Waals surface area contributed by atoms with Crippen molar-refractivity contribution in [1.29, 1.82) is 0 Å². The first-order chi connectivity index (χ1) is 16.0. The number of rotatable bonds is 4. The van der Waals surface area contributed by atoms with Gasteiger partial charge in [-0.3, -0.25) is 14.4 Å². The number of amides is 3. The Bertz CT molecular complexity index is 1090. The number of nitrogens with two attached hydrogens (primary N) is 1. The largest absolute Gasteiger partial charge is 0.379 e. The second-order valence-corrected chi connectivity index (χ2v) is 10.1. The van der Waals surface area contributed by atoms with E-state index >= 15 is 0 Å². The standard InChI is InChI=1S/C23H30ClFN6O3/c1-23(2,3)27-21(32)19-18-13-30(22(26)33)12-15(11-29-6-8-34-9-7-29)31(18)28-20(19)14-4-5-17(25)16(24)10-14/h4-5,10,15H,6-9,11-13H2,1-3H3,(H2,26,33)(H,27,32). The van der Waals surface area contributed by atoms with Crippen LogP contribution >= 0.6 is 11.6 Å². The zero-order valence-electron chi connectivity index (χ0n) is 19.6. The van der Waals surface area contributed by atoms with Gasteiger partial charge in [-0.2, -0.15) is 5.10 Å². The van der Waals surface area contributed by atoms with Crippen LogP contribution in [0.4, 0.5) is 9.18 Å². The highest BCUT2D eigenvalue weighted by Crippen LogP contribution is 2.34. The molecule has 9 nitrogen and oxygen atoms in total. The van der Waals surface area contributed by atoms with Crippen LogP contribution in [0.3, 0.4) is 0 Å². The minimum atomic E-state index is -0.562. The van der Waals surface area contributed by atoms with Crippen LogP contribution in [0.15, 0.2) is 18.2 Å². The Morgan fingerprint density at radius 3 is 2.62 bits per heavy atom. The van der Waals surface area contributed by atoms with Gasteiger partial charge in [-0.15, -0.1) is 0 Å². The van der Waals surface area contributed by atoms with Crippen LogP contribution in [-0.4, -0.2) is 76.5 Å². The number of ether oxygens (including phenoxy) is 1. The Morgan fingerprint density at radius 1 is 1.29 bits per heavy atom. The molecule has 184 valence electrons. The van der Waals surface area contributed by atoms with E-state index in [1.165, 1.54) is 17.0 Å². The van der Waals surface area contributed by atoms with Crippen LogP contribution in [0.5, 0.6) is 0 Å². The molecular formula is C23H30ClFN6O3. The van der Waals surface area contributed by atoms with E-state index in [9.17, 15) is 14.0 Å². The number of morpholine rings is 1. The molecule has 11 heteroatoms. The van der Waals surface area contributed by atoms with Gasteiger partial charge in [-0.25, -0.2) is 9.18 Å². The molecule has 0 spiro atoms. The Hall–Kier alpha value is -2.69. The molecule has 1 saturated heterocycles. The Labute approximate surface area is 203 Å². The lowest BCUT2D eigenvalue weighted by atomic mass is 10.0. The average Bonchev–Trinajstić information content (AvgIpc) is 3.15. The van der Waals surface area contributed by atoms with Crippen LogP contribution in [0.2, 0.25) is 5.02 Å². The lowest BCUT2D eigenvalue weighted by Crippen LogP contribution is -2.49. The third-order valence-corrected chi connectivity index (χ3v) is 6.21. The predicted molar refractivity (Wildman–Crippen MR) is 126 cm³/mol. The van der Waals surface area contributed by atoms with Crippen molar-refractivity contribution in [2.24, 2.45) is 5.73 Å². The van der Waals surface area contributed by atoms with Gasteiger partial charge in [0.1, 0.15) is 11.5 Å². The van der Waals surface area contributed by atoms with Crippen molar-refractivity contribution >= 4 is 23.5 Å². The first-order valence-corrected chi connectivity index (χ1v) is 11.6. The highest BCUT2D eigenvalue weighted by atomic mass is 35.5. The molecule has 1 unspecified atom stereocenters. The molecule has 3 N–H and O–H groups in total. The van der Waals surface area contributed by atoms with Gasteiger partial charge < -0.3 is 20.7 Å². The van der Waals surface area contributed by atoms with E-state index in [1.807, 2.05) is 25.5 Å². The van der Waals surface area contributed by atoms with Crippen LogP contribution in [0.1, 0.15) is 42.9 Å². The van der Waals surface area contributed by atoms with E-state index in [2.05, 4.69) is 10.2 Å². The van der Waals surface area contributed by atoms with Crippen LogP contribution in [0, 0.1) is 5.82 Å². The third kappa shape index (κ3) is 5.18. The average molecular weight is 493 g/mol. The highest BCUT2D eigenvalue weighted by Gasteiger charge is 2.36. The third-order valence-electron chi connectivity index (χ3n) is 5.92. The van der Waals surface area contributed by atoms with Gasteiger partial charge >= 0.3 is 6.03 Å². The minimum absolute atomic E-state index is 0.0609. The molecule has 3 heterocycles. The number of hydrogen-bond donors (Lipinski definition) is 2. The number of hydrogen-bond acceptors (Lipinski definition) is 5. The molecule has 1 aromatic carbocycles. The minimum Gasteiger partial charge on any atom is -0.379 e. The lowest BCUT2D eigenvalue weighted by Gasteiger charge is -2.37. The summed E-state index contributed by atoms with van der Waals surface area (Å²) in [4.78, 5) is 29.4. The zero-order chi connectivity index (χ0) is 24.6. The molecule has 1 atom stereocenters. The van der Waals surface area contributed by atoms with Gasteiger partial charge in [0, 0.05) is 37.3 Å². The van der Waals surface area contributed by atoms with E-state index in [-0.39, 0.29) is 23.5 Å². The molecule has 1 aromatic heterocycles. The van der Waals surface area contributed by atoms with Crippen molar-refractivity contribution in [2.75, 3.05) is 39.4 Å². The summed E-state index contributed by atoms with van der Waals surface area (Å²) in [5.41, 5.74) is 6.98. The molecule has 2 aromatic rings. The summed E-state index contributed by atoms with van der Waals surface area (Å²) in [5, 5.41) is 7.75. The number of nitrogens with one attached hydrogen (secondary N) is 1. The SMILES string of the molecule is CC(C)(C)NC(=O)c1c(-c2ccc(F)c(Cl)c2)nn2c1CN(C(N)=O)CC2CN1CCOCC1. The number of halogens is 2. The molecular weight excluding hydrogens is 463 g/mol. The summed E-state index contributed by atoms with van der Waals surface area (Å²) in [6.45, 7) is 9.57. The second kappa shape index (κ2) is 9.52. The summed E-state index contributed by atoms with van der Waals surface area (Å²) in [6.07, 6.45) is 0. The summed E-state index contributed by atoms with van der Waals surface area (Å²) < 4.78 is 21.1. The van der Waals surface area contributed by atoms with E-state index in [0.717, 1.165) is 13.1 Å². The van der Waals surface area contributed by atoms with Gasteiger partial charge in [0.25, 0.3) is 5.91 Å². The fourth-order valence-electron chi connectivity index (χ4n) is 4.37. The number of primary amides is 1.